The minimum Gasteiger partial charge on any atom is -0.550 e. The zero-order chi connectivity index (χ0) is 20.2. The summed E-state index contributed by atoms with van der Waals surface area (Å²) in [5, 5.41) is 16.3. The van der Waals surface area contributed by atoms with Gasteiger partial charge in [-0.3, -0.25) is 4.79 Å². The average Bonchev–Trinajstić information content (AvgIpc) is 2.75. The molecule has 0 bridgehead atoms. The third kappa shape index (κ3) is 4.24. The maximum absolute atomic E-state index is 12.6. The topological polar surface area (TPSA) is 78.5 Å². The van der Waals surface area contributed by atoms with E-state index in [0.29, 0.717) is 24.3 Å². The van der Waals surface area contributed by atoms with Crippen LogP contribution in [0, 0.1) is 11.8 Å². The summed E-state index contributed by atoms with van der Waals surface area (Å²) in [6.45, 7) is 0. The Hall–Kier alpha value is -3.34. The third-order valence-corrected chi connectivity index (χ3v) is 5.50. The highest BCUT2D eigenvalue weighted by atomic mass is 16.5. The summed E-state index contributed by atoms with van der Waals surface area (Å²) >= 11 is 0. The molecular weight excluding hydrogens is 366 g/mol. The summed E-state index contributed by atoms with van der Waals surface area (Å²) in [6.07, 6.45) is 2.76. The van der Waals surface area contributed by atoms with Gasteiger partial charge in [0.15, 0.2) is 0 Å². The molecule has 148 valence electrons. The Kier molecular flexibility index (Phi) is 5.47. The van der Waals surface area contributed by atoms with Crippen molar-refractivity contribution in [3.8, 4) is 11.5 Å². The second-order valence-electron chi connectivity index (χ2n) is 7.41. The van der Waals surface area contributed by atoms with Crippen molar-refractivity contribution in [3.63, 3.8) is 0 Å². The smallest absolute Gasteiger partial charge is 0.228 e. The van der Waals surface area contributed by atoms with Gasteiger partial charge >= 0.3 is 0 Å². The Morgan fingerprint density at radius 1 is 0.862 bits per heavy atom. The fraction of sp³-hybridized carbons (Fsp3) is 0.250. The lowest BCUT2D eigenvalue weighted by Gasteiger charge is -2.31. The van der Waals surface area contributed by atoms with Crippen molar-refractivity contribution >= 4 is 28.3 Å². The fourth-order valence-electron chi connectivity index (χ4n) is 3.98. The number of carbonyl (C=O) groups is 2. The number of rotatable bonds is 5. The molecule has 1 fully saturated rings. The zero-order valence-corrected chi connectivity index (χ0v) is 16.0. The quantitative estimate of drug-likeness (QED) is 0.713. The van der Waals surface area contributed by atoms with Gasteiger partial charge in [0.2, 0.25) is 5.91 Å². The minimum absolute atomic E-state index is 0.262. The van der Waals surface area contributed by atoms with Gasteiger partial charge in [-0.1, -0.05) is 49.2 Å². The highest BCUT2D eigenvalue weighted by Gasteiger charge is 2.31. The first-order valence-corrected chi connectivity index (χ1v) is 9.89. The number of hydrogen-bond acceptors (Lipinski definition) is 4. The Balaban J connectivity index is 1.45. The van der Waals surface area contributed by atoms with E-state index in [4.69, 9.17) is 4.74 Å². The number of nitrogens with one attached hydrogen (secondary N) is 1. The Bertz CT molecular complexity index is 1020. The second kappa shape index (κ2) is 8.35. The fourth-order valence-corrected chi connectivity index (χ4v) is 3.98. The molecule has 29 heavy (non-hydrogen) atoms. The SMILES string of the molecule is O=C([O-])C1CCCCC1C(=O)Nc1ccc(Oc2cccc3ccccc23)cc1. The molecule has 2 atom stereocenters. The number of anilines is 1. The van der Waals surface area contributed by atoms with Crippen LogP contribution in [0.2, 0.25) is 0 Å². The molecule has 0 spiro atoms. The number of amides is 1. The van der Waals surface area contributed by atoms with Crippen LogP contribution in [0.5, 0.6) is 11.5 Å². The Morgan fingerprint density at radius 2 is 1.55 bits per heavy atom. The number of carbonyl (C=O) groups excluding carboxylic acids is 2. The molecule has 1 amide bonds. The van der Waals surface area contributed by atoms with Crippen molar-refractivity contribution in [1.82, 2.24) is 0 Å². The van der Waals surface area contributed by atoms with Gasteiger partial charge in [-0.25, -0.2) is 0 Å². The molecule has 0 aliphatic heterocycles. The van der Waals surface area contributed by atoms with Gasteiger partial charge in [-0.2, -0.15) is 0 Å². The largest absolute Gasteiger partial charge is 0.550 e. The monoisotopic (exact) mass is 388 g/mol. The first-order chi connectivity index (χ1) is 14.1. The summed E-state index contributed by atoms with van der Waals surface area (Å²) in [5.74, 6) is -1.23. The number of benzene rings is 3. The molecule has 0 aromatic heterocycles. The van der Waals surface area contributed by atoms with Gasteiger partial charge in [0.05, 0.1) is 0 Å². The molecule has 1 saturated carbocycles. The van der Waals surface area contributed by atoms with Gasteiger partial charge in [0.25, 0.3) is 0 Å². The van der Waals surface area contributed by atoms with Crippen LogP contribution in [0.4, 0.5) is 5.69 Å². The summed E-state index contributed by atoms with van der Waals surface area (Å²) in [4.78, 5) is 23.9. The number of ether oxygens (including phenoxy) is 1. The molecule has 0 heterocycles. The standard InChI is InChI=1S/C24H23NO4/c26-23(20-9-3-4-10-21(20)24(27)28)25-17-12-14-18(15-13-17)29-22-11-5-7-16-6-1-2-8-19(16)22/h1-2,5-8,11-15,20-21H,3-4,9-10H2,(H,25,26)(H,27,28)/p-1. The molecule has 1 aliphatic rings. The van der Waals surface area contributed by atoms with Crippen LogP contribution in [0.3, 0.4) is 0 Å². The lowest BCUT2D eigenvalue weighted by molar-refractivity contribution is -0.313. The van der Waals surface area contributed by atoms with E-state index < -0.39 is 17.8 Å². The molecule has 0 saturated heterocycles. The lowest BCUT2D eigenvalue weighted by Crippen LogP contribution is -2.42. The van der Waals surface area contributed by atoms with Crippen molar-refractivity contribution in [2.24, 2.45) is 11.8 Å². The average molecular weight is 388 g/mol. The highest BCUT2D eigenvalue weighted by Crippen LogP contribution is 2.32. The minimum atomic E-state index is -1.14. The van der Waals surface area contributed by atoms with Crippen molar-refractivity contribution in [1.29, 1.82) is 0 Å². The molecule has 3 aromatic carbocycles. The molecule has 1 aliphatic carbocycles. The van der Waals surface area contributed by atoms with Crippen molar-refractivity contribution in [3.05, 3.63) is 66.7 Å². The number of carboxylic acids is 1. The molecular formula is C24H22NO4-. The van der Waals surface area contributed by atoms with Crippen LogP contribution in [-0.4, -0.2) is 11.9 Å². The van der Waals surface area contributed by atoms with E-state index >= 15 is 0 Å². The van der Waals surface area contributed by atoms with Crippen molar-refractivity contribution in [2.75, 3.05) is 5.32 Å². The van der Waals surface area contributed by atoms with E-state index in [0.717, 1.165) is 29.4 Å². The molecule has 2 unspecified atom stereocenters. The van der Waals surface area contributed by atoms with E-state index in [1.165, 1.54) is 0 Å². The Labute approximate surface area is 169 Å². The molecule has 0 radical (unpaired) electrons. The van der Waals surface area contributed by atoms with Crippen molar-refractivity contribution in [2.45, 2.75) is 25.7 Å². The number of hydrogen-bond donors (Lipinski definition) is 1. The second-order valence-corrected chi connectivity index (χ2v) is 7.41. The Morgan fingerprint density at radius 3 is 2.31 bits per heavy atom. The van der Waals surface area contributed by atoms with Gasteiger partial charge in [-0.05, 0) is 48.6 Å². The van der Waals surface area contributed by atoms with Crippen LogP contribution in [0.15, 0.2) is 66.7 Å². The van der Waals surface area contributed by atoms with E-state index in [9.17, 15) is 14.7 Å². The van der Waals surface area contributed by atoms with Gasteiger partial charge in [0, 0.05) is 28.9 Å². The number of carboxylic acid groups (broad SMARTS) is 1. The first kappa shape index (κ1) is 19.0. The maximum atomic E-state index is 12.6. The van der Waals surface area contributed by atoms with Crippen LogP contribution >= 0.6 is 0 Å². The van der Waals surface area contributed by atoms with Crippen LogP contribution in [-0.2, 0) is 9.59 Å². The third-order valence-electron chi connectivity index (χ3n) is 5.50. The van der Waals surface area contributed by atoms with E-state index in [-0.39, 0.29) is 5.91 Å². The van der Waals surface area contributed by atoms with Crippen LogP contribution in [0.1, 0.15) is 25.7 Å². The van der Waals surface area contributed by atoms with Crippen LogP contribution < -0.4 is 15.2 Å². The highest BCUT2D eigenvalue weighted by molar-refractivity contribution is 5.95. The zero-order valence-electron chi connectivity index (χ0n) is 16.0. The van der Waals surface area contributed by atoms with Crippen LogP contribution in [0.25, 0.3) is 10.8 Å². The van der Waals surface area contributed by atoms with Gasteiger partial charge in [-0.15, -0.1) is 0 Å². The van der Waals surface area contributed by atoms with E-state index in [1.807, 2.05) is 42.5 Å². The molecule has 4 rings (SSSR count). The maximum Gasteiger partial charge on any atom is 0.228 e. The van der Waals surface area contributed by atoms with E-state index in [1.54, 1.807) is 24.3 Å². The first-order valence-electron chi connectivity index (χ1n) is 9.89. The van der Waals surface area contributed by atoms with Gasteiger partial charge in [0.1, 0.15) is 11.5 Å². The van der Waals surface area contributed by atoms with Gasteiger partial charge < -0.3 is 20.0 Å². The lowest BCUT2D eigenvalue weighted by atomic mass is 9.78. The summed E-state index contributed by atoms with van der Waals surface area (Å²) in [6, 6.07) is 21.0. The van der Waals surface area contributed by atoms with Crippen molar-refractivity contribution < 1.29 is 19.4 Å². The number of fused-ring (bicyclic) bond motifs is 1. The molecule has 1 N–H and O–H groups in total. The molecule has 3 aromatic rings. The summed E-state index contributed by atoms with van der Waals surface area (Å²) < 4.78 is 6.02. The van der Waals surface area contributed by atoms with E-state index in [2.05, 4.69) is 5.32 Å². The summed E-state index contributed by atoms with van der Waals surface area (Å²) in [7, 11) is 0. The molecule has 5 heteroatoms. The normalized spacial score (nSPS) is 18.9. The number of aliphatic carboxylic acids is 1. The predicted molar refractivity (Wildman–Crippen MR) is 110 cm³/mol. The molecule has 5 nitrogen and oxygen atoms in total. The predicted octanol–water partition coefficient (Wildman–Crippen LogP) is 4.13. The summed E-state index contributed by atoms with van der Waals surface area (Å²) in [5.41, 5.74) is 0.614.